The molecular weight excluding hydrogens is 354 g/mol. The summed E-state index contributed by atoms with van der Waals surface area (Å²) >= 11 is 1.48. The third kappa shape index (κ3) is 3.14. The van der Waals surface area contributed by atoms with Crippen molar-refractivity contribution in [2.45, 2.75) is 32.6 Å². The largest absolute Gasteiger partial charge is 0.462 e. The van der Waals surface area contributed by atoms with E-state index >= 15 is 0 Å². The van der Waals surface area contributed by atoms with Crippen LogP contribution in [-0.4, -0.2) is 25.3 Å². The number of hydrogen-bond acceptors (Lipinski definition) is 6. The van der Waals surface area contributed by atoms with Gasteiger partial charge in [-0.05, 0) is 49.4 Å². The van der Waals surface area contributed by atoms with Gasteiger partial charge < -0.3 is 19.5 Å². The zero-order chi connectivity index (χ0) is 18.1. The Balaban J connectivity index is 1.52. The lowest BCUT2D eigenvalue weighted by Crippen LogP contribution is -2.16. The lowest BCUT2D eigenvalue weighted by Gasteiger charge is -2.08. The van der Waals surface area contributed by atoms with Crippen molar-refractivity contribution in [1.29, 1.82) is 0 Å². The predicted octanol–water partition coefficient (Wildman–Crippen LogP) is 3.32. The molecule has 1 N–H and O–H groups in total. The highest BCUT2D eigenvalue weighted by Crippen LogP contribution is 2.39. The van der Waals surface area contributed by atoms with E-state index in [0.29, 0.717) is 28.7 Å². The standard InChI is InChI=1S/C19H19NO5S/c1-2-23-19(22)17-12-4-3-5-15(12)26-18(17)20-16(21)9-11-6-7-13-14(8-11)25-10-24-13/h6-8H,2-5,9-10H2,1H3,(H,20,21). The zero-order valence-corrected chi connectivity index (χ0v) is 15.2. The first-order valence-corrected chi connectivity index (χ1v) is 9.47. The molecule has 4 rings (SSSR count). The number of carbonyl (C=O) groups excluding carboxylic acids is 2. The van der Waals surface area contributed by atoms with E-state index in [2.05, 4.69) is 5.32 Å². The topological polar surface area (TPSA) is 73.9 Å². The van der Waals surface area contributed by atoms with Crippen LogP contribution >= 0.6 is 11.3 Å². The van der Waals surface area contributed by atoms with Gasteiger partial charge in [-0.2, -0.15) is 0 Å². The second-order valence-corrected chi connectivity index (χ2v) is 7.30. The number of thiophene rings is 1. The van der Waals surface area contributed by atoms with Gasteiger partial charge in [0, 0.05) is 4.88 Å². The minimum Gasteiger partial charge on any atom is -0.462 e. The van der Waals surface area contributed by atoms with Crippen LogP contribution in [0.1, 0.15) is 39.7 Å². The number of amides is 1. The van der Waals surface area contributed by atoms with Gasteiger partial charge in [0.2, 0.25) is 12.7 Å². The van der Waals surface area contributed by atoms with Crippen LogP contribution in [0.3, 0.4) is 0 Å². The monoisotopic (exact) mass is 373 g/mol. The number of nitrogens with one attached hydrogen (secondary N) is 1. The van der Waals surface area contributed by atoms with E-state index in [9.17, 15) is 9.59 Å². The first-order chi connectivity index (χ1) is 12.7. The highest BCUT2D eigenvalue weighted by atomic mass is 32.1. The molecule has 6 nitrogen and oxygen atoms in total. The highest BCUT2D eigenvalue weighted by molar-refractivity contribution is 7.17. The van der Waals surface area contributed by atoms with E-state index in [1.165, 1.54) is 16.2 Å². The SMILES string of the molecule is CCOC(=O)c1c(NC(=O)Cc2ccc3c(c2)OCO3)sc2c1CCC2. The molecule has 136 valence electrons. The average Bonchev–Trinajstić information content (AvgIpc) is 3.29. The predicted molar refractivity (Wildman–Crippen MR) is 97.2 cm³/mol. The van der Waals surface area contributed by atoms with E-state index in [1.54, 1.807) is 13.0 Å². The van der Waals surface area contributed by atoms with Crippen molar-refractivity contribution in [3.05, 3.63) is 39.8 Å². The van der Waals surface area contributed by atoms with Crippen LogP contribution in [0.15, 0.2) is 18.2 Å². The van der Waals surface area contributed by atoms with E-state index in [4.69, 9.17) is 14.2 Å². The Morgan fingerprint density at radius 2 is 2.08 bits per heavy atom. The summed E-state index contributed by atoms with van der Waals surface area (Å²) in [6, 6.07) is 5.45. The first-order valence-electron chi connectivity index (χ1n) is 8.65. The van der Waals surface area contributed by atoms with Gasteiger partial charge in [0.05, 0.1) is 18.6 Å². The number of esters is 1. The van der Waals surface area contributed by atoms with Gasteiger partial charge in [0.15, 0.2) is 11.5 Å². The summed E-state index contributed by atoms with van der Waals surface area (Å²) < 4.78 is 15.8. The number of hydrogen-bond donors (Lipinski definition) is 1. The average molecular weight is 373 g/mol. The summed E-state index contributed by atoms with van der Waals surface area (Å²) in [5.41, 5.74) is 2.39. The number of carbonyl (C=O) groups is 2. The Bertz CT molecular complexity index is 873. The van der Waals surface area contributed by atoms with E-state index in [0.717, 1.165) is 30.4 Å². The quantitative estimate of drug-likeness (QED) is 0.814. The van der Waals surface area contributed by atoms with Gasteiger partial charge in [0.25, 0.3) is 0 Å². The maximum absolute atomic E-state index is 12.5. The van der Waals surface area contributed by atoms with Crippen molar-refractivity contribution < 1.29 is 23.8 Å². The van der Waals surface area contributed by atoms with E-state index < -0.39 is 0 Å². The Hall–Kier alpha value is -2.54. The maximum atomic E-state index is 12.5. The van der Waals surface area contributed by atoms with Crippen LogP contribution in [0.5, 0.6) is 11.5 Å². The van der Waals surface area contributed by atoms with Crippen molar-refractivity contribution in [2.24, 2.45) is 0 Å². The Kier molecular flexibility index (Phi) is 4.55. The summed E-state index contributed by atoms with van der Waals surface area (Å²) in [7, 11) is 0. The number of anilines is 1. The molecule has 2 heterocycles. The third-order valence-corrected chi connectivity index (χ3v) is 5.66. The smallest absolute Gasteiger partial charge is 0.341 e. The molecule has 1 aromatic carbocycles. The molecule has 1 amide bonds. The molecule has 0 unspecified atom stereocenters. The van der Waals surface area contributed by atoms with Gasteiger partial charge in [-0.1, -0.05) is 6.07 Å². The zero-order valence-electron chi connectivity index (χ0n) is 14.4. The molecule has 2 aromatic rings. The van der Waals surface area contributed by atoms with Crippen LogP contribution in [0.2, 0.25) is 0 Å². The molecule has 0 fully saturated rings. The first kappa shape index (κ1) is 16.9. The molecule has 1 aliphatic carbocycles. The Morgan fingerprint density at radius 1 is 1.23 bits per heavy atom. The number of rotatable bonds is 5. The summed E-state index contributed by atoms with van der Waals surface area (Å²) in [6.07, 6.45) is 3.04. The molecule has 0 bridgehead atoms. The molecule has 0 saturated heterocycles. The highest BCUT2D eigenvalue weighted by Gasteiger charge is 2.28. The lowest BCUT2D eigenvalue weighted by molar-refractivity contribution is -0.115. The van der Waals surface area contributed by atoms with Crippen molar-refractivity contribution in [2.75, 3.05) is 18.7 Å². The van der Waals surface area contributed by atoms with E-state index in [1.807, 2.05) is 12.1 Å². The molecule has 0 radical (unpaired) electrons. The van der Waals surface area contributed by atoms with Crippen molar-refractivity contribution >= 4 is 28.2 Å². The summed E-state index contributed by atoms with van der Waals surface area (Å²) in [4.78, 5) is 26.0. The number of benzene rings is 1. The Labute approximate surface area is 155 Å². The minimum absolute atomic E-state index is 0.172. The van der Waals surface area contributed by atoms with Gasteiger partial charge in [-0.25, -0.2) is 4.79 Å². The lowest BCUT2D eigenvalue weighted by atomic mass is 10.1. The second kappa shape index (κ2) is 6.99. The molecule has 2 aliphatic rings. The van der Waals surface area contributed by atoms with Crippen LogP contribution in [0, 0.1) is 0 Å². The molecule has 0 spiro atoms. The van der Waals surface area contributed by atoms with Gasteiger partial charge in [-0.3, -0.25) is 4.79 Å². The van der Waals surface area contributed by atoms with Gasteiger partial charge in [-0.15, -0.1) is 11.3 Å². The van der Waals surface area contributed by atoms with Gasteiger partial charge in [0.1, 0.15) is 5.00 Å². The number of fused-ring (bicyclic) bond motifs is 2. The van der Waals surface area contributed by atoms with Crippen LogP contribution < -0.4 is 14.8 Å². The maximum Gasteiger partial charge on any atom is 0.341 e. The summed E-state index contributed by atoms with van der Waals surface area (Å²) in [6.45, 7) is 2.30. The fourth-order valence-electron chi connectivity index (χ4n) is 3.32. The molecule has 26 heavy (non-hydrogen) atoms. The van der Waals surface area contributed by atoms with Gasteiger partial charge >= 0.3 is 5.97 Å². The molecule has 1 aromatic heterocycles. The van der Waals surface area contributed by atoms with E-state index in [-0.39, 0.29) is 25.1 Å². The molecular formula is C19H19NO5S. The molecule has 7 heteroatoms. The molecule has 0 atom stereocenters. The number of ether oxygens (including phenoxy) is 3. The van der Waals surface area contributed by atoms with Crippen LogP contribution in [-0.2, 0) is 28.8 Å². The van der Waals surface area contributed by atoms with Crippen LogP contribution in [0.4, 0.5) is 5.00 Å². The van der Waals surface area contributed by atoms with Crippen molar-refractivity contribution in [3.8, 4) is 11.5 Å². The second-order valence-electron chi connectivity index (χ2n) is 6.19. The minimum atomic E-state index is -0.356. The van der Waals surface area contributed by atoms with Crippen molar-refractivity contribution in [1.82, 2.24) is 0 Å². The van der Waals surface area contributed by atoms with Crippen molar-refractivity contribution in [3.63, 3.8) is 0 Å². The number of aryl methyl sites for hydroxylation is 1. The summed E-state index contributed by atoms with van der Waals surface area (Å²) in [5.74, 6) is 0.811. The normalized spacial score (nSPS) is 14.2. The summed E-state index contributed by atoms with van der Waals surface area (Å²) in [5, 5.41) is 3.50. The molecule has 1 aliphatic heterocycles. The fourth-order valence-corrected chi connectivity index (χ4v) is 4.61. The van der Waals surface area contributed by atoms with Crippen LogP contribution in [0.25, 0.3) is 0 Å². The fraction of sp³-hybridized carbons (Fsp3) is 0.368. The third-order valence-electron chi connectivity index (χ3n) is 4.46. The molecule has 0 saturated carbocycles. The Morgan fingerprint density at radius 3 is 2.92 bits per heavy atom.